The number of carbonyl (C=O) groups excluding carboxylic acids is 1. The minimum atomic E-state index is -0.166. The summed E-state index contributed by atoms with van der Waals surface area (Å²) in [5.74, 6) is 1.15. The maximum atomic E-state index is 12.0. The van der Waals surface area contributed by atoms with E-state index in [9.17, 15) is 4.79 Å². The second-order valence-electron chi connectivity index (χ2n) is 7.31. The molecule has 0 aromatic heterocycles. The van der Waals surface area contributed by atoms with E-state index < -0.39 is 0 Å². The first-order valence-electron chi connectivity index (χ1n) is 10.4. The van der Waals surface area contributed by atoms with Crippen LogP contribution in [-0.4, -0.2) is 18.7 Å². The van der Waals surface area contributed by atoms with Crippen molar-refractivity contribution in [3.63, 3.8) is 0 Å². The third-order valence-corrected chi connectivity index (χ3v) is 4.77. The number of aryl methyl sites for hydroxylation is 2. The molecule has 3 aromatic carbocycles. The zero-order valence-electron chi connectivity index (χ0n) is 18.2. The standard InChI is InChI=1S/C26H28N2O3/c1-4-30-25-15-22(17-27-28-26(29)16-21-8-6-5-7-9-21)12-13-24(25)31-18-23-14-19(2)10-11-20(23)3/h5-15,17H,4,16,18H2,1-3H3,(H,28,29)/b27-17-. The van der Waals surface area contributed by atoms with Crippen molar-refractivity contribution in [1.82, 2.24) is 5.43 Å². The molecule has 160 valence electrons. The first kappa shape index (κ1) is 22.1. The van der Waals surface area contributed by atoms with Crippen LogP contribution in [0.5, 0.6) is 11.5 Å². The fourth-order valence-electron chi connectivity index (χ4n) is 3.10. The van der Waals surface area contributed by atoms with Gasteiger partial charge in [-0.2, -0.15) is 5.10 Å². The molecule has 0 aliphatic rings. The smallest absolute Gasteiger partial charge is 0.244 e. The van der Waals surface area contributed by atoms with Gasteiger partial charge in [0.2, 0.25) is 5.91 Å². The molecule has 0 fully saturated rings. The Morgan fingerprint density at radius 2 is 1.77 bits per heavy atom. The van der Waals surface area contributed by atoms with E-state index in [1.54, 1.807) is 6.21 Å². The number of amides is 1. The third kappa shape index (κ3) is 6.71. The summed E-state index contributed by atoms with van der Waals surface area (Å²) < 4.78 is 11.8. The Kier molecular flexibility index (Phi) is 7.82. The lowest BCUT2D eigenvalue weighted by molar-refractivity contribution is -0.120. The molecule has 0 atom stereocenters. The molecular weight excluding hydrogens is 388 g/mol. The predicted octanol–water partition coefficient (Wildman–Crippen LogP) is 4.97. The van der Waals surface area contributed by atoms with Gasteiger partial charge < -0.3 is 9.47 Å². The van der Waals surface area contributed by atoms with Crippen molar-refractivity contribution in [1.29, 1.82) is 0 Å². The largest absolute Gasteiger partial charge is 0.490 e. The first-order valence-corrected chi connectivity index (χ1v) is 10.4. The zero-order chi connectivity index (χ0) is 22.1. The molecule has 5 nitrogen and oxygen atoms in total. The maximum absolute atomic E-state index is 12.0. The van der Waals surface area contributed by atoms with Gasteiger partial charge in [0, 0.05) is 0 Å². The molecular formula is C26H28N2O3. The SMILES string of the molecule is CCOc1cc(/C=N\NC(=O)Cc2ccccc2)ccc1OCc1cc(C)ccc1C. The van der Waals surface area contributed by atoms with E-state index in [1.807, 2.05) is 55.5 Å². The van der Waals surface area contributed by atoms with E-state index in [0.29, 0.717) is 24.7 Å². The van der Waals surface area contributed by atoms with Gasteiger partial charge in [-0.15, -0.1) is 0 Å². The summed E-state index contributed by atoms with van der Waals surface area (Å²) in [7, 11) is 0. The second kappa shape index (κ2) is 11.0. The van der Waals surface area contributed by atoms with Gasteiger partial charge in [0.1, 0.15) is 6.61 Å². The minimum Gasteiger partial charge on any atom is -0.490 e. The average Bonchev–Trinajstić information content (AvgIpc) is 2.76. The van der Waals surface area contributed by atoms with Gasteiger partial charge in [-0.1, -0.05) is 54.1 Å². The predicted molar refractivity (Wildman–Crippen MR) is 124 cm³/mol. The highest BCUT2D eigenvalue weighted by atomic mass is 16.5. The quantitative estimate of drug-likeness (QED) is 0.396. The molecule has 0 spiro atoms. The number of ether oxygens (including phenoxy) is 2. The van der Waals surface area contributed by atoms with Crippen molar-refractivity contribution in [3.05, 3.63) is 94.5 Å². The van der Waals surface area contributed by atoms with E-state index in [4.69, 9.17) is 9.47 Å². The number of hydrogen-bond acceptors (Lipinski definition) is 4. The second-order valence-corrected chi connectivity index (χ2v) is 7.31. The Hall–Kier alpha value is -3.60. The van der Waals surface area contributed by atoms with Gasteiger partial charge >= 0.3 is 0 Å². The highest BCUT2D eigenvalue weighted by molar-refractivity contribution is 5.84. The molecule has 0 unspecified atom stereocenters. The summed E-state index contributed by atoms with van der Waals surface area (Å²) in [4.78, 5) is 12.0. The van der Waals surface area contributed by atoms with Crippen LogP contribution in [0.2, 0.25) is 0 Å². The van der Waals surface area contributed by atoms with Crippen LogP contribution >= 0.6 is 0 Å². The molecule has 1 amide bonds. The average molecular weight is 417 g/mol. The summed E-state index contributed by atoms with van der Waals surface area (Å²) >= 11 is 0. The highest BCUT2D eigenvalue weighted by Gasteiger charge is 2.08. The van der Waals surface area contributed by atoms with Gasteiger partial charge in [-0.3, -0.25) is 4.79 Å². The highest BCUT2D eigenvalue weighted by Crippen LogP contribution is 2.29. The van der Waals surface area contributed by atoms with E-state index in [0.717, 1.165) is 16.7 Å². The fraction of sp³-hybridized carbons (Fsp3) is 0.231. The Morgan fingerprint density at radius 1 is 0.968 bits per heavy atom. The van der Waals surface area contributed by atoms with Gasteiger partial charge in [0.25, 0.3) is 0 Å². The lowest BCUT2D eigenvalue weighted by Gasteiger charge is -2.14. The van der Waals surface area contributed by atoms with Crippen molar-refractivity contribution >= 4 is 12.1 Å². The van der Waals surface area contributed by atoms with Crippen molar-refractivity contribution < 1.29 is 14.3 Å². The number of nitrogens with zero attached hydrogens (tertiary/aromatic N) is 1. The van der Waals surface area contributed by atoms with Crippen molar-refractivity contribution in [2.45, 2.75) is 33.8 Å². The molecule has 3 aromatic rings. The van der Waals surface area contributed by atoms with E-state index in [-0.39, 0.29) is 12.3 Å². The Bertz CT molecular complexity index is 1050. The van der Waals surface area contributed by atoms with Crippen molar-refractivity contribution in [2.75, 3.05) is 6.61 Å². The molecule has 0 bridgehead atoms. The van der Waals surface area contributed by atoms with Gasteiger partial charge in [-0.05, 0) is 61.2 Å². The van der Waals surface area contributed by atoms with Crippen LogP contribution in [-0.2, 0) is 17.8 Å². The molecule has 0 aliphatic heterocycles. The topological polar surface area (TPSA) is 59.9 Å². The fourth-order valence-corrected chi connectivity index (χ4v) is 3.10. The number of hydrazone groups is 1. The number of benzene rings is 3. The molecule has 0 aliphatic carbocycles. The first-order chi connectivity index (χ1) is 15.0. The van der Waals surface area contributed by atoms with Crippen LogP contribution in [0, 0.1) is 13.8 Å². The summed E-state index contributed by atoms with van der Waals surface area (Å²) in [6, 6.07) is 21.5. The van der Waals surface area contributed by atoms with E-state index in [1.165, 1.54) is 11.1 Å². The Labute approximate surface area is 183 Å². The summed E-state index contributed by atoms with van der Waals surface area (Å²) in [6.45, 7) is 7.07. The molecule has 31 heavy (non-hydrogen) atoms. The molecule has 5 heteroatoms. The van der Waals surface area contributed by atoms with Crippen LogP contribution in [0.1, 0.15) is 34.7 Å². The number of hydrogen-bond donors (Lipinski definition) is 1. The van der Waals surface area contributed by atoms with E-state index >= 15 is 0 Å². The van der Waals surface area contributed by atoms with Gasteiger partial charge in [0.15, 0.2) is 11.5 Å². The minimum absolute atomic E-state index is 0.166. The summed E-state index contributed by atoms with van der Waals surface area (Å²) in [6.07, 6.45) is 1.88. The lowest BCUT2D eigenvalue weighted by Crippen LogP contribution is -2.19. The Morgan fingerprint density at radius 3 is 2.55 bits per heavy atom. The van der Waals surface area contributed by atoms with Gasteiger partial charge in [-0.25, -0.2) is 5.43 Å². The monoisotopic (exact) mass is 416 g/mol. The molecule has 3 rings (SSSR count). The zero-order valence-corrected chi connectivity index (χ0v) is 18.2. The molecule has 0 saturated heterocycles. The van der Waals surface area contributed by atoms with E-state index in [2.05, 4.69) is 42.6 Å². The molecule has 0 heterocycles. The normalized spacial score (nSPS) is 10.8. The number of rotatable bonds is 9. The van der Waals surface area contributed by atoms with Crippen LogP contribution in [0.3, 0.4) is 0 Å². The van der Waals surface area contributed by atoms with Gasteiger partial charge in [0.05, 0.1) is 19.2 Å². The van der Waals surface area contributed by atoms with Crippen LogP contribution in [0.4, 0.5) is 0 Å². The van der Waals surface area contributed by atoms with Crippen LogP contribution in [0.25, 0.3) is 0 Å². The summed E-state index contributed by atoms with van der Waals surface area (Å²) in [5, 5.41) is 4.06. The lowest BCUT2D eigenvalue weighted by atomic mass is 10.1. The summed E-state index contributed by atoms with van der Waals surface area (Å²) in [5.41, 5.74) is 7.86. The Balaban J connectivity index is 1.63. The molecule has 0 radical (unpaired) electrons. The number of nitrogens with one attached hydrogen (secondary N) is 1. The van der Waals surface area contributed by atoms with Crippen LogP contribution < -0.4 is 14.9 Å². The van der Waals surface area contributed by atoms with Crippen molar-refractivity contribution in [2.24, 2.45) is 5.10 Å². The molecule has 1 N–H and O–H groups in total. The van der Waals surface area contributed by atoms with Crippen molar-refractivity contribution in [3.8, 4) is 11.5 Å². The molecule has 0 saturated carbocycles. The maximum Gasteiger partial charge on any atom is 0.244 e. The number of carbonyl (C=O) groups is 1. The van der Waals surface area contributed by atoms with Crippen LogP contribution in [0.15, 0.2) is 71.8 Å². The third-order valence-electron chi connectivity index (χ3n) is 4.77.